The standard InChI is InChI=1S/C11H21NO6S.C10H19NO4/c1-11(2,3)17-10(13)12-8-7-16-6-5-9(8)18-19(4,14)15;1-10(2,3)15-9(13)11-7-6-14-5-4-8(7)12/h8-9H,5-7H2,1-4H3,(H,12,13);7-8,12H,4-6H2,1-3H3,(H,11,13)/t8-,9-;7-,8-/m11/s1. The lowest BCUT2D eigenvalue weighted by Crippen LogP contribution is -2.52. The van der Waals surface area contributed by atoms with Crippen LogP contribution in [0, 0.1) is 0 Å². The van der Waals surface area contributed by atoms with Gasteiger partial charge in [0.05, 0.1) is 37.7 Å². The third-order valence-corrected chi connectivity index (χ3v) is 4.91. The van der Waals surface area contributed by atoms with E-state index in [1.807, 2.05) is 0 Å². The highest BCUT2D eigenvalue weighted by atomic mass is 32.2. The van der Waals surface area contributed by atoms with Crippen LogP contribution in [0.2, 0.25) is 0 Å². The van der Waals surface area contributed by atoms with E-state index >= 15 is 0 Å². The summed E-state index contributed by atoms with van der Waals surface area (Å²) in [6.07, 6.45) is -0.397. The molecule has 0 saturated carbocycles. The monoisotopic (exact) mass is 512 g/mol. The molecular weight excluding hydrogens is 472 g/mol. The Kier molecular flexibility index (Phi) is 11.5. The molecule has 0 aromatic carbocycles. The molecule has 13 heteroatoms. The number of aliphatic hydroxyl groups is 1. The third kappa shape index (κ3) is 13.9. The number of nitrogens with one attached hydrogen (secondary N) is 2. The second kappa shape index (κ2) is 12.9. The first-order valence-corrected chi connectivity index (χ1v) is 13.0. The second-order valence-corrected chi connectivity index (χ2v) is 11.7. The lowest BCUT2D eigenvalue weighted by atomic mass is 10.1. The highest BCUT2D eigenvalue weighted by Gasteiger charge is 2.32. The van der Waals surface area contributed by atoms with Crippen molar-refractivity contribution in [1.29, 1.82) is 0 Å². The maximum atomic E-state index is 11.6. The number of aliphatic hydroxyl groups excluding tert-OH is 1. The molecule has 0 spiro atoms. The fraction of sp³-hybridized carbons (Fsp3) is 0.905. The number of carbonyl (C=O) groups excluding carboxylic acids is 2. The molecule has 2 heterocycles. The summed E-state index contributed by atoms with van der Waals surface area (Å²) in [6.45, 7) is 12.1. The largest absolute Gasteiger partial charge is 0.444 e. The fourth-order valence-corrected chi connectivity index (χ4v) is 3.65. The summed E-state index contributed by atoms with van der Waals surface area (Å²) in [5.74, 6) is 0. The van der Waals surface area contributed by atoms with Crippen LogP contribution in [0.3, 0.4) is 0 Å². The van der Waals surface area contributed by atoms with Crippen molar-refractivity contribution in [3.63, 3.8) is 0 Å². The van der Waals surface area contributed by atoms with Gasteiger partial charge in [0, 0.05) is 19.6 Å². The number of rotatable bonds is 4. The van der Waals surface area contributed by atoms with Gasteiger partial charge in [-0.3, -0.25) is 4.18 Å². The Morgan fingerprint density at radius 2 is 1.29 bits per heavy atom. The van der Waals surface area contributed by atoms with E-state index in [1.165, 1.54) is 0 Å². The molecule has 34 heavy (non-hydrogen) atoms. The van der Waals surface area contributed by atoms with E-state index in [2.05, 4.69) is 10.6 Å². The van der Waals surface area contributed by atoms with Gasteiger partial charge in [-0.1, -0.05) is 0 Å². The fourth-order valence-electron chi connectivity index (χ4n) is 2.97. The molecule has 12 nitrogen and oxygen atoms in total. The van der Waals surface area contributed by atoms with E-state index in [9.17, 15) is 23.1 Å². The van der Waals surface area contributed by atoms with Gasteiger partial charge in [0.15, 0.2) is 0 Å². The van der Waals surface area contributed by atoms with Gasteiger partial charge in [-0.2, -0.15) is 8.42 Å². The van der Waals surface area contributed by atoms with Gasteiger partial charge >= 0.3 is 12.2 Å². The minimum absolute atomic E-state index is 0.194. The molecule has 0 aromatic heterocycles. The van der Waals surface area contributed by atoms with E-state index < -0.39 is 51.8 Å². The first-order chi connectivity index (χ1) is 15.5. The summed E-state index contributed by atoms with van der Waals surface area (Å²) in [5, 5.41) is 14.7. The molecule has 200 valence electrons. The maximum Gasteiger partial charge on any atom is 0.408 e. The van der Waals surface area contributed by atoms with Gasteiger partial charge in [-0.25, -0.2) is 9.59 Å². The summed E-state index contributed by atoms with van der Waals surface area (Å²) in [6, 6.07) is -0.910. The predicted octanol–water partition coefficient (Wildman–Crippen LogP) is 1.31. The average molecular weight is 513 g/mol. The van der Waals surface area contributed by atoms with Crippen molar-refractivity contribution in [3.05, 3.63) is 0 Å². The number of carbonyl (C=O) groups is 2. The Morgan fingerprint density at radius 1 is 0.853 bits per heavy atom. The molecule has 2 amide bonds. The molecule has 2 rings (SSSR count). The van der Waals surface area contributed by atoms with Crippen molar-refractivity contribution in [3.8, 4) is 0 Å². The molecule has 2 fully saturated rings. The number of ether oxygens (including phenoxy) is 4. The second-order valence-electron chi connectivity index (χ2n) is 10.1. The van der Waals surface area contributed by atoms with Crippen molar-refractivity contribution in [1.82, 2.24) is 10.6 Å². The first-order valence-electron chi connectivity index (χ1n) is 11.2. The molecular formula is C21H40N2O10S. The van der Waals surface area contributed by atoms with Crippen LogP contribution in [-0.2, 0) is 33.2 Å². The Balaban J connectivity index is 0.000000350. The van der Waals surface area contributed by atoms with E-state index in [4.69, 9.17) is 23.1 Å². The van der Waals surface area contributed by atoms with Crippen LogP contribution in [-0.4, -0.2) is 93.9 Å². The molecule has 0 aromatic rings. The van der Waals surface area contributed by atoms with Crippen LogP contribution >= 0.6 is 0 Å². The minimum atomic E-state index is -3.58. The van der Waals surface area contributed by atoms with Crippen LogP contribution in [0.5, 0.6) is 0 Å². The average Bonchev–Trinajstić information content (AvgIpc) is 2.61. The summed E-state index contributed by atoms with van der Waals surface area (Å²) < 4.78 is 47.8. The van der Waals surface area contributed by atoms with E-state index in [0.29, 0.717) is 32.7 Å². The van der Waals surface area contributed by atoms with E-state index in [0.717, 1.165) is 6.26 Å². The molecule has 2 saturated heterocycles. The van der Waals surface area contributed by atoms with Gasteiger partial charge in [0.1, 0.15) is 17.3 Å². The number of hydrogen-bond donors (Lipinski definition) is 3. The highest BCUT2D eigenvalue weighted by molar-refractivity contribution is 7.86. The van der Waals surface area contributed by atoms with Crippen LogP contribution in [0.4, 0.5) is 9.59 Å². The van der Waals surface area contributed by atoms with Crippen LogP contribution in [0.15, 0.2) is 0 Å². The zero-order valence-electron chi connectivity index (χ0n) is 21.1. The zero-order valence-corrected chi connectivity index (χ0v) is 21.9. The number of hydrogen-bond acceptors (Lipinski definition) is 10. The van der Waals surface area contributed by atoms with Crippen LogP contribution in [0.1, 0.15) is 54.4 Å². The van der Waals surface area contributed by atoms with E-state index in [-0.39, 0.29) is 12.6 Å². The molecule has 0 aliphatic carbocycles. The number of amides is 2. The Bertz CT molecular complexity index is 760. The van der Waals surface area contributed by atoms with E-state index in [1.54, 1.807) is 41.5 Å². The normalized spacial score (nSPS) is 25.9. The molecule has 4 atom stereocenters. The van der Waals surface area contributed by atoms with Crippen molar-refractivity contribution in [2.45, 2.75) is 89.9 Å². The predicted molar refractivity (Wildman–Crippen MR) is 123 cm³/mol. The van der Waals surface area contributed by atoms with Gasteiger partial charge in [-0.15, -0.1) is 0 Å². The topological polar surface area (TPSA) is 159 Å². The maximum absolute atomic E-state index is 11.6. The highest BCUT2D eigenvalue weighted by Crippen LogP contribution is 2.15. The van der Waals surface area contributed by atoms with Crippen LogP contribution in [0.25, 0.3) is 0 Å². The van der Waals surface area contributed by atoms with Gasteiger partial charge in [0.25, 0.3) is 10.1 Å². The Hall–Kier alpha value is -1.67. The quantitative estimate of drug-likeness (QED) is 0.469. The smallest absolute Gasteiger partial charge is 0.408 e. The van der Waals surface area contributed by atoms with Crippen molar-refractivity contribution in [2.24, 2.45) is 0 Å². The minimum Gasteiger partial charge on any atom is -0.444 e. The first kappa shape index (κ1) is 30.4. The van der Waals surface area contributed by atoms with Gasteiger partial charge < -0.3 is 34.7 Å². The molecule has 2 aliphatic rings. The Labute approximate surface area is 202 Å². The van der Waals surface area contributed by atoms with Gasteiger partial charge in [-0.05, 0) is 48.0 Å². The third-order valence-electron chi connectivity index (χ3n) is 4.32. The Morgan fingerprint density at radius 3 is 1.74 bits per heavy atom. The summed E-state index contributed by atoms with van der Waals surface area (Å²) in [4.78, 5) is 23.0. The van der Waals surface area contributed by atoms with Crippen molar-refractivity contribution >= 4 is 22.3 Å². The lowest BCUT2D eigenvalue weighted by Gasteiger charge is -2.31. The van der Waals surface area contributed by atoms with Gasteiger partial charge in [0.2, 0.25) is 0 Å². The summed E-state index contributed by atoms with van der Waals surface area (Å²) in [5.41, 5.74) is -1.14. The molecule has 3 N–H and O–H groups in total. The SMILES string of the molecule is CC(C)(C)OC(=O)N[C@@H]1COCC[C@H]1O.CC(C)(C)OC(=O)N[C@@H]1COCC[C@H]1OS(C)(=O)=O. The summed E-state index contributed by atoms with van der Waals surface area (Å²) >= 11 is 0. The van der Waals surface area contributed by atoms with Crippen molar-refractivity contribution < 1.29 is 46.2 Å². The number of alkyl carbamates (subject to hydrolysis) is 2. The molecule has 0 unspecified atom stereocenters. The lowest BCUT2D eigenvalue weighted by molar-refractivity contribution is -0.0211. The zero-order chi connectivity index (χ0) is 26.2. The summed E-state index contributed by atoms with van der Waals surface area (Å²) in [7, 11) is -3.58. The van der Waals surface area contributed by atoms with Crippen LogP contribution < -0.4 is 10.6 Å². The van der Waals surface area contributed by atoms with Crippen molar-refractivity contribution in [2.75, 3.05) is 32.7 Å². The molecule has 0 bridgehead atoms. The molecule has 0 radical (unpaired) electrons. The molecule has 2 aliphatic heterocycles.